The van der Waals surface area contributed by atoms with E-state index in [4.69, 9.17) is 11.6 Å². The minimum absolute atomic E-state index is 0.0973. The van der Waals surface area contributed by atoms with Crippen LogP contribution in [0.4, 0.5) is 11.4 Å². The molecule has 0 bridgehead atoms. The van der Waals surface area contributed by atoms with Gasteiger partial charge in [-0.25, -0.2) is 0 Å². The van der Waals surface area contributed by atoms with Crippen LogP contribution in [-0.2, 0) is 4.79 Å². The molecule has 5 nitrogen and oxygen atoms in total. The van der Waals surface area contributed by atoms with Crippen molar-refractivity contribution in [1.29, 1.82) is 0 Å². The Morgan fingerprint density at radius 1 is 1.04 bits per heavy atom. The van der Waals surface area contributed by atoms with Gasteiger partial charge < -0.3 is 16.0 Å². The number of halogens is 1. The minimum Gasteiger partial charge on any atom is -0.376 e. The largest absolute Gasteiger partial charge is 0.376 e. The quantitative estimate of drug-likeness (QED) is 0.719. The minimum atomic E-state index is -0.201. The topological polar surface area (TPSA) is 70.2 Å². The van der Waals surface area contributed by atoms with Crippen LogP contribution in [0.15, 0.2) is 48.5 Å². The fourth-order valence-electron chi connectivity index (χ4n) is 2.02. The molecule has 2 aromatic carbocycles. The molecule has 0 heterocycles. The summed E-state index contributed by atoms with van der Waals surface area (Å²) in [5.74, 6) is -0.298. The van der Waals surface area contributed by atoms with Crippen molar-refractivity contribution in [2.24, 2.45) is 0 Å². The second-order valence-corrected chi connectivity index (χ2v) is 5.62. The maximum Gasteiger partial charge on any atom is 0.251 e. The van der Waals surface area contributed by atoms with Gasteiger partial charge in [0.05, 0.1) is 17.3 Å². The SMILES string of the molecule is CCCNC(=O)c1ccc(NCC(=O)Nc2ccccc2Cl)cc1. The molecule has 126 valence electrons. The van der Waals surface area contributed by atoms with Crippen LogP contribution in [0.1, 0.15) is 23.7 Å². The Labute approximate surface area is 146 Å². The molecule has 24 heavy (non-hydrogen) atoms. The molecule has 2 amide bonds. The molecule has 0 aliphatic heterocycles. The predicted molar refractivity (Wildman–Crippen MR) is 97.6 cm³/mol. The van der Waals surface area contributed by atoms with Crippen molar-refractivity contribution in [3.63, 3.8) is 0 Å². The molecule has 0 radical (unpaired) electrons. The van der Waals surface area contributed by atoms with Crippen molar-refractivity contribution < 1.29 is 9.59 Å². The number of carbonyl (C=O) groups excluding carboxylic acids is 2. The molecule has 0 aromatic heterocycles. The van der Waals surface area contributed by atoms with Crippen molar-refractivity contribution in [3.8, 4) is 0 Å². The summed E-state index contributed by atoms with van der Waals surface area (Å²) in [5, 5.41) is 9.05. The lowest BCUT2D eigenvalue weighted by molar-refractivity contribution is -0.114. The van der Waals surface area contributed by atoms with E-state index < -0.39 is 0 Å². The zero-order chi connectivity index (χ0) is 17.4. The van der Waals surface area contributed by atoms with Gasteiger partial charge in [0.2, 0.25) is 5.91 Å². The highest BCUT2D eigenvalue weighted by molar-refractivity contribution is 6.33. The molecule has 2 rings (SSSR count). The summed E-state index contributed by atoms with van der Waals surface area (Å²) in [6, 6.07) is 14.0. The zero-order valence-corrected chi connectivity index (χ0v) is 14.2. The van der Waals surface area contributed by atoms with E-state index in [0.717, 1.165) is 12.1 Å². The van der Waals surface area contributed by atoms with Gasteiger partial charge in [0.1, 0.15) is 0 Å². The third-order valence-corrected chi connectivity index (χ3v) is 3.61. The molecule has 0 aliphatic carbocycles. The molecule has 0 atom stereocenters. The Kier molecular flexibility index (Phi) is 6.63. The molecule has 0 unspecified atom stereocenters. The third-order valence-electron chi connectivity index (χ3n) is 3.28. The summed E-state index contributed by atoms with van der Waals surface area (Å²) in [6.45, 7) is 2.76. The van der Waals surface area contributed by atoms with Crippen molar-refractivity contribution in [2.45, 2.75) is 13.3 Å². The molecular formula is C18H20ClN3O2. The maximum absolute atomic E-state index is 11.9. The van der Waals surface area contributed by atoms with Crippen LogP contribution < -0.4 is 16.0 Å². The average molecular weight is 346 g/mol. The smallest absolute Gasteiger partial charge is 0.251 e. The molecule has 0 saturated carbocycles. The van der Waals surface area contributed by atoms with Gasteiger partial charge in [0.15, 0.2) is 0 Å². The Morgan fingerprint density at radius 3 is 2.42 bits per heavy atom. The van der Waals surface area contributed by atoms with Gasteiger partial charge in [-0.15, -0.1) is 0 Å². The lowest BCUT2D eigenvalue weighted by Gasteiger charge is -2.09. The molecule has 2 aromatic rings. The summed E-state index contributed by atoms with van der Waals surface area (Å²) < 4.78 is 0. The van der Waals surface area contributed by atoms with E-state index in [2.05, 4.69) is 16.0 Å². The van der Waals surface area contributed by atoms with Gasteiger partial charge in [0.25, 0.3) is 5.91 Å². The first-order valence-corrected chi connectivity index (χ1v) is 8.14. The summed E-state index contributed by atoms with van der Waals surface area (Å²) in [5.41, 5.74) is 1.93. The van der Waals surface area contributed by atoms with E-state index >= 15 is 0 Å². The van der Waals surface area contributed by atoms with Gasteiger partial charge in [-0.2, -0.15) is 0 Å². The summed E-state index contributed by atoms with van der Waals surface area (Å²) in [7, 11) is 0. The molecule has 0 saturated heterocycles. The highest BCUT2D eigenvalue weighted by Gasteiger charge is 2.06. The van der Waals surface area contributed by atoms with Gasteiger partial charge in [0, 0.05) is 17.8 Å². The number of benzene rings is 2. The monoisotopic (exact) mass is 345 g/mol. The molecule has 6 heteroatoms. The number of rotatable bonds is 7. The Bertz CT molecular complexity index is 702. The first-order chi connectivity index (χ1) is 11.6. The highest BCUT2D eigenvalue weighted by atomic mass is 35.5. The van der Waals surface area contributed by atoms with E-state index in [1.54, 1.807) is 48.5 Å². The Balaban J connectivity index is 1.85. The predicted octanol–water partition coefficient (Wildman–Crippen LogP) is 3.53. The first kappa shape index (κ1) is 17.8. The Hall–Kier alpha value is -2.53. The van der Waals surface area contributed by atoms with E-state index in [-0.39, 0.29) is 18.4 Å². The lowest BCUT2D eigenvalue weighted by atomic mass is 10.2. The van der Waals surface area contributed by atoms with Crippen LogP contribution in [0, 0.1) is 0 Å². The summed E-state index contributed by atoms with van der Waals surface area (Å²) in [4.78, 5) is 23.7. The fourth-order valence-corrected chi connectivity index (χ4v) is 2.20. The van der Waals surface area contributed by atoms with E-state index in [1.165, 1.54) is 0 Å². The number of hydrogen-bond acceptors (Lipinski definition) is 3. The Morgan fingerprint density at radius 2 is 1.75 bits per heavy atom. The number of amides is 2. The van der Waals surface area contributed by atoms with E-state index in [1.807, 2.05) is 6.92 Å². The number of carbonyl (C=O) groups is 2. The molecular weight excluding hydrogens is 326 g/mol. The van der Waals surface area contributed by atoms with Crippen molar-refractivity contribution >= 4 is 34.8 Å². The second kappa shape index (κ2) is 8.93. The van der Waals surface area contributed by atoms with Crippen LogP contribution in [-0.4, -0.2) is 24.9 Å². The number of para-hydroxylation sites is 1. The number of nitrogens with one attached hydrogen (secondary N) is 3. The van der Waals surface area contributed by atoms with Crippen molar-refractivity contribution in [2.75, 3.05) is 23.7 Å². The summed E-state index contributed by atoms with van der Waals surface area (Å²) in [6.07, 6.45) is 0.895. The van der Waals surface area contributed by atoms with Gasteiger partial charge >= 0.3 is 0 Å². The molecule has 0 spiro atoms. The second-order valence-electron chi connectivity index (χ2n) is 5.21. The molecule has 0 aliphatic rings. The van der Waals surface area contributed by atoms with Crippen LogP contribution in [0.2, 0.25) is 5.02 Å². The van der Waals surface area contributed by atoms with Gasteiger partial charge in [-0.3, -0.25) is 9.59 Å². The lowest BCUT2D eigenvalue weighted by Crippen LogP contribution is -2.24. The van der Waals surface area contributed by atoms with E-state index in [0.29, 0.717) is 22.8 Å². The standard InChI is InChI=1S/C18H20ClN3O2/c1-2-11-20-18(24)13-7-9-14(10-8-13)21-12-17(23)22-16-6-4-3-5-15(16)19/h3-10,21H,2,11-12H2,1H3,(H,20,24)(H,22,23). The fraction of sp³-hybridized carbons (Fsp3) is 0.222. The highest BCUT2D eigenvalue weighted by Crippen LogP contribution is 2.20. The van der Waals surface area contributed by atoms with Gasteiger partial charge in [-0.05, 0) is 42.8 Å². The van der Waals surface area contributed by atoms with E-state index in [9.17, 15) is 9.59 Å². The number of anilines is 2. The van der Waals surface area contributed by atoms with Crippen LogP contribution in [0.5, 0.6) is 0 Å². The van der Waals surface area contributed by atoms with Gasteiger partial charge in [-0.1, -0.05) is 30.7 Å². The maximum atomic E-state index is 11.9. The number of hydrogen-bond donors (Lipinski definition) is 3. The first-order valence-electron chi connectivity index (χ1n) is 7.76. The van der Waals surface area contributed by atoms with Crippen LogP contribution in [0.25, 0.3) is 0 Å². The van der Waals surface area contributed by atoms with Crippen LogP contribution >= 0.6 is 11.6 Å². The zero-order valence-electron chi connectivity index (χ0n) is 13.4. The normalized spacial score (nSPS) is 10.1. The molecule has 0 fully saturated rings. The molecule has 3 N–H and O–H groups in total. The third kappa shape index (κ3) is 5.28. The van der Waals surface area contributed by atoms with Crippen molar-refractivity contribution in [3.05, 3.63) is 59.1 Å². The summed E-state index contributed by atoms with van der Waals surface area (Å²) >= 11 is 6.00. The van der Waals surface area contributed by atoms with Crippen molar-refractivity contribution in [1.82, 2.24) is 5.32 Å². The average Bonchev–Trinajstić information content (AvgIpc) is 2.60. The van der Waals surface area contributed by atoms with Crippen LogP contribution in [0.3, 0.4) is 0 Å².